The van der Waals surface area contributed by atoms with Gasteiger partial charge in [-0.1, -0.05) is 0 Å². The maximum atomic E-state index is 13.4. The normalized spacial score (nSPS) is 17.3. The predicted octanol–water partition coefficient (Wildman–Crippen LogP) is 3.95. The summed E-state index contributed by atoms with van der Waals surface area (Å²) in [4.78, 5) is 29.6. The average Bonchev–Trinajstić information content (AvgIpc) is 3.12. The summed E-state index contributed by atoms with van der Waals surface area (Å²) in [7, 11) is 0. The number of halogens is 2. The number of amides is 1. The number of carbonyl (C=O) groups is 2. The van der Waals surface area contributed by atoms with Crippen LogP contribution in [0.2, 0.25) is 0 Å². The third kappa shape index (κ3) is 4.07. The average molecular weight is 380 g/mol. The van der Waals surface area contributed by atoms with Crippen LogP contribution in [-0.4, -0.2) is 39.5 Å². The molecule has 1 N–H and O–H groups in total. The highest BCUT2D eigenvalue weighted by Crippen LogP contribution is 2.28. The zero-order chi connectivity index (χ0) is 18.7. The second-order valence-electron chi connectivity index (χ2n) is 6.25. The monoisotopic (exact) mass is 380 g/mol. The van der Waals surface area contributed by atoms with E-state index in [1.807, 2.05) is 0 Å². The molecule has 26 heavy (non-hydrogen) atoms. The topological polar surface area (TPSA) is 70.5 Å². The van der Waals surface area contributed by atoms with Crippen molar-refractivity contribution >= 4 is 23.2 Å². The first-order valence-electron chi connectivity index (χ1n) is 8.39. The van der Waals surface area contributed by atoms with Crippen LogP contribution < -0.4 is 0 Å². The van der Waals surface area contributed by atoms with Gasteiger partial charge in [0.15, 0.2) is 11.6 Å². The molecule has 1 aliphatic rings. The Labute approximate surface area is 153 Å². The van der Waals surface area contributed by atoms with E-state index in [2.05, 4.69) is 4.98 Å². The first kappa shape index (κ1) is 18.4. The van der Waals surface area contributed by atoms with Gasteiger partial charge in [-0.25, -0.2) is 13.8 Å². The first-order valence-corrected chi connectivity index (χ1v) is 9.27. The fourth-order valence-corrected chi connectivity index (χ4v) is 3.93. The molecule has 1 amide bonds. The lowest BCUT2D eigenvalue weighted by atomic mass is 9.97. The molecule has 0 aliphatic carbocycles. The Kier molecular flexibility index (Phi) is 5.61. The van der Waals surface area contributed by atoms with Crippen molar-refractivity contribution in [3.05, 3.63) is 40.9 Å². The molecular formula is C18H18F2N2O3S. The minimum atomic E-state index is -0.963. The van der Waals surface area contributed by atoms with Gasteiger partial charge in [0.1, 0.15) is 10.7 Å². The molecule has 1 atom stereocenters. The molecular weight excluding hydrogens is 362 g/mol. The van der Waals surface area contributed by atoms with Crippen molar-refractivity contribution in [3.8, 4) is 10.6 Å². The second-order valence-corrected chi connectivity index (χ2v) is 7.11. The van der Waals surface area contributed by atoms with E-state index < -0.39 is 17.6 Å². The third-order valence-corrected chi connectivity index (χ3v) is 5.36. The number of hydrogen-bond donors (Lipinski definition) is 1. The summed E-state index contributed by atoms with van der Waals surface area (Å²) in [5, 5.41) is 10.9. The summed E-state index contributed by atoms with van der Waals surface area (Å²) in [6.45, 7) is 0.571. The van der Waals surface area contributed by atoms with Crippen LogP contribution in [0.1, 0.15) is 42.6 Å². The Bertz CT molecular complexity index is 825. The molecule has 138 valence electrons. The third-order valence-electron chi connectivity index (χ3n) is 4.47. The van der Waals surface area contributed by atoms with Gasteiger partial charge < -0.3 is 10.0 Å². The smallest absolute Gasteiger partial charge is 0.303 e. The number of aliphatic carboxylic acids is 1. The van der Waals surface area contributed by atoms with E-state index in [4.69, 9.17) is 5.11 Å². The Morgan fingerprint density at radius 1 is 1.27 bits per heavy atom. The van der Waals surface area contributed by atoms with Gasteiger partial charge in [0.05, 0.1) is 0 Å². The highest BCUT2D eigenvalue weighted by molar-refractivity contribution is 7.13. The molecule has 1 aromatic heterocycles. The lowest BCUT2D eigenvalue weighted by molar-refractivity contribution is -0.137. The van der Waals surface area contributed by atoms with Crippen LogP contribution in [-0.2, 0) is 4.79 Å². The largest absolute Gasteiger partial charge is 0.481 e. The molecule has 0 spiro atoms. The number of thiazole rings is 1. The van der Waals surface area contributed by atoms with E-state index in [1.165, 1.54) is 17.4 Å². The number of hydrogen-bond acceptors (Lipinski definition) is 4. The van der Waals surface area contributed by atoms with Crippen LogP contribution >= 0.6 is 11.3 Å². The Balaban J connectivity index is 1.77. The van der Waals surface area contributed by atoms with Gasteiger partial charge in [0.25, 0.3) is 5.91 Å². The van der Waals surface area contributed by atoms with Gasteiger partial charge in [-0.2, -0.15) is 0 Å². The number of likely N-dealkylation sites (tertiary alicyclic amines) is 1. The Morgan fingerprint density at radius 3 is 2.81 bits per heavy atom. The zero-order valence-corrected chi connectivity index (χ0v) is 14.8. The number of benzene rings is 1. The van der Waals surface area contributed by atoms with E-state index in [0.29, 0.717) is 23.5 Å². The molecule has 1 unspecified atom stereocenters. The predicted molar refractivity (Wildman–Crippen MR) is 93.0 cm³/mol. The lowest BCUT2D eigenvalue weighted by Crippen LogP contribution is -2.44. The Morgan fingerprint density at radius 2 is 2.08 bits per heavy atom. The van der Waals surface area contributed by atoms with E-state index >= 15 is 0 Å². The molecule has 1 aliphatic heterocycles. The lowest BCUT2D eigenvalue weighted by Gasteiger charge is -2.35. The molecule has 2 heterocycles. The SMILES string of the molecule is O=C(O)CCC1CCCCN1C(=O)c1csc(-c2ccc(F)c(F)c2)n1. The van der Waals surface area contributed by atoms with Crippen LogP contribution in [0.5, 0.6) is 0 Å². The second kappa shape index (κ2) is 7.90. The quantitative estimate of drug-likeness (QED) is 0.853. The number of carboxylic acid groups (broad SMARTS) is 1. The van der Waals surface area contributed by atoms with Crippen molar-refractivity contribution in [1.29, 1.82) is 0 Å². The minimum absolute atomic E-state index is 0.0195. The molecule has 8 heteroatoms. The van der Waals surface area contributed by atoms with Crippen LogP contribution in [0.25, 0.3) is 10.6 Å². The zero-order valence-electron chi connectivity index (χ0n) is 14.0. The van der Waals surface area contributed by atoms with Crippen molar-refractivity contribution in [2.24, 2.45) is 0 Å². The van der Waals surface area contributed by atoms with Crippen molar-refractivity contribution in [2.45, 2.75) is 38.1 Å². The molecule has 2 aromatic rings. The number of piperidine rings is 1. The maximum Gasteiger partial charge on any atom is 0.303 e. The molecule has 0 bridgehead atoms. The van der Waals surface area contributed by atoms with Gasteiger partial charge in [0.2, 0.25) is 0 Å². The molecule has 0 radical (unpaired) electrons. The Hall–Kier alpha value is -2.35. The van der Waals surface area contributed by atoms with Gasteiger partial charge in [-0.15, -0.1) is 11.3 Å². The molecule has 1 aromatic carbocycles. The summed E-state index contributed by atoms with van der Waals surface area (Å²) in [5.41, 5.74) is 0.658. The minimum Gasteiger partial charge on any atom is -0.481 e. The van der Waals surface area contributed by atoms with Crippen LogP contribution in [0, 0.1) is 11.6 Å². The summed E-state index contributed by atoms with van der Waals surface area (Å²) >= 11 is 1.19. The van der Waals surface area contributed by atoms with Crippen LogP contribution in [0.4, 0.5) is 8.78 Å². The summed E-state index contributed by atoms with van der Waals surface area (Å²) < 4.78 is 26.5. The van der Waals surface area contributed by atoms with E-state index in [0.717, 1.165) is 31.4 Å². The number of aromatic nitrogens is 1. The molecule has 1 saturated heterocycles. The van der Waals surface area contributed by atoms with Crippen molar-refractivity contribution in [3.63, 3.8) is 0 Å². The highest BCUT2D eigenvalue weighted by atomic mass is 32.1. The van der Waals surface area contributed by atoms with Gasteiger partial charge in [-0.3, -0.25) is 9.59 Å². The summed E-state index contributed by atoms with van der Waals surface area (Å²) in [6, 6.07) is 3.39. The number of nitrogens with zero attached hydrogens (tertiary/aromatic N) is 2. The molecule has 3 rings (SSSR count). The fourth-order valence-electron chi connectivity index (χ4n) is 3.14. The van der Waals surface area contributed by atoms with E-state index in [1.54, 1.807) is 10.3 Å². The highest BCUT2D eigenvalue weighted by Gasteiger charge is 2.29. The number of rotatable bonds is 5. The maximum absolute atomic E-state index is 13.4. The fraction of sp³-hybridized carbons (Fsp3) is 0.389. The molecule has 1 fully saturated rings. The van der Waals surface area contributed by atoms with E-state index in [9.17, 15) is 18.4 Å². The van der Waals surface area contributed by atoms with Gasteiger partial charge in [0, 0.05) is 30.0 Å². The van der Waals surface area contributed by atoms with Crippen molar-refractivity contribution in [2.75, 3.05) is 6.54 Å². The van der Waals surface area contributed by atoms with Crippen molar-refractivity contribution < 1.29 is 23.5 Å². The van der Waals surface area contributed by atoms with E-state index in [-0.39, 0.29) is 24.1 Å². The van der Waals surface area contributed by atoms with Crippen LogP contribution in [0.15, 0.2) is 23.6 Å². The van der Waals surface area contributed by atoms with Gasteiger partial charge in [-0.05, 0) is 43.9 Å². The van der Waals surface area contributed by atoms with Crippen molar-refractivity contribution in [1.82, 2.24) is 9.88 Å². The standard InChI is InChI=1S/C18H18F2N2O3S/c19-13-6-4-11(9-14(13)20)17-21-15(10-26-17)18(25)22-8-2-1-3-12(22)5-7-16(23)24/h4,6,9-10,12H,1-3,5,7-8H2,(H,23,24). The van der Waals surface area contributed by atoms with Crippen LogP contribution in [0.3, 0.4) is 0 Å². The first-order chi connectivity index (χ1) is 12.5. The van der Waals surface area contributed by atoms with Gasteiger partial charge >= 0.3 is 5.97 Å². The summed E-state index contributed by atoms with van der Waals surface area (Å²) in [6.07, 6.45) is 3.05. The number of carbonyl (C=O) groups excluding carboxylic acids is 1. The summed E-state index contributed by atoms with van der Waals surface area (Å²) in [5.74, 6) is -3.02. The molecule has 5 nitrogen and oxygen atoms in total. The molecule has 0 saturated carbocycles. The number of carboxylic acids is 1.